The molecular formula is C18H22FNO. The van der Waals surface area contributed by atoms with E-state index in [2.05, 4.69) is 5.32 Å². The number of halogens is 1. The van der Waals surface area contributed by atoms with E-state index in [0.717, 1.165) is 17.0 Å². The smallest absolute Gasteiger partial charge is 0.128 e. The minimum atomic E-state index is -0.185. The normalized spacial score (nSPS) is 12.3. The first-order chi connectivity index (χ1) is 9.97. The summed E-state index contributed by atoms with van der Waals surface area (Å²) in [5.74, 6) is 0.668. The van der Waals surface area contributed by atoms with Crippen LogP contribution in [0.3, 0.4) is 0 Å². The van der Waals surface area contributed by atoms with Crippen LogP contribution in [0, 0.1) is 12.7 Å². The second-order valence-electron chi connectivity index (χ2n) is 5.53. The molecule has 0 bridgehead atoms. The lowest BCUT2D eigenvalue weighted by molar-refractivity contribution is 0.242. The first-order valence-corrected chi connectivity index (χ1v) is 7.25. The molecule has 21 heavy (non-hydrogen) atoms. The summed E-state index contributed by atoms with van der Waals surface area (Å²) in [7, 11) is 0. The van der Waals surface area contributed by atoms with E-state index in [4.69, 9.17) is 4.74 Å². The molecule has 2 rings (SSSR count). The summed E-state index contributed by atoms with van der Waals surface area (Å²) in [5, 5.41) is 3.35. The molecule has 112 valence electrons. The molecule has 0 amide bonds. The molecule has 0 aromatic heterocycles. The lowest BCUT2D eigenvalue weighted by Gasteiger charge is -2.19. The summed E-state index contributed by atoms with van der Waals surface area (Å²) >= 11 is 0. The van der Waals surface area contributed by atoms with Crippen molar-refractivity contribution < 1.29 is 9.13 Å². The number of hydrogen-bond donors (Lipinski definition) is 1. The van der Waals surface area contributed by atoms with Gasteiger partial charge in [0.05, 0.1) is 12.1 Å². The quantitative estimate of drug-likeness (QED) is 0.826. The summed E-state index contributed by atoms with van der Waals surface area (Å²) in [5.41, 5.74) is 2.73. The maximum absolute atomic E-state index is 13.8. The fourth-order valence-electron chi connectivity index (χ4n) is 2.28. The van der Waals surface area contributed by atoms with Gasteiger partial charge in [0.25, 0.3) is 0 Å². The molecule has 0 spiro atoms. The molecule has 0 fully saturated rings. The van der Waals surface area contributed by atoms with Crippen LogP contribution >= 0.6 is 0 Å². The van der Waals surface area contributed by atoms with Crippen molar-refractivity contribution in [1.82, 2.24) is 0 Å². The van der Waals surface area contributed by atoms with Gasteiger partial charge in [0.15, 0.2) is 0 Å². The van der Waals surface area contributed by atoms with Crippen molar-refractivity contribution in [3.8, 4) is 5.75 Å². The molecule has 0 aliphatic heterocycles. The van der Waals surface area contributed by atoms with Gasteiger partial charge in [0, 0.05) is 11.3 Å². The molecule has 0 saturated heterocycles. The Labute approximate surface area is 126 Å². The third kappa shape index (κ3) is 3.97. The van der Waals surface area contributed by atoms with E-state index in [1.807, 2.05) is 52.0 Å². The first-order valence-electron chi connectivity index (χ1n) is 7.25. The topological polar surface area (TPSA) is 21.3 Å². The Morgan fingerprint density at radius 1 is 1.05 bits per heavy atom. The predicted molar refractivity (Wildman–Crippen MR) is 85.4 cm³/mol. The van der Waals surface area contributed by atoms with Gasteiger partial charge in [0.1, 0.15) is 11.6 Å². The van der Waals surface area contributed by atoms with Gasteiger partial charge >= 0.3 is 0 Å². The maximum atomic E-state index is 13.8. The molecule has 0 heterocycles. The Kier molecular flexibility index (Phi) is 4.84. The van der Waals surface area contributed by atoms with E-state index in [-0.39, 0.29) is 18.0 Å². The molecule has 2 aromatic carbocycles. The van der Waals surface area contributed by atoms with Gasteiger partial charge in [-0.3, -0.25) is 0 Å². The van der Waals surface area contributed by atoms with Crippen LogP contribution in [0.15, 0.2) is 42.5 Å². The first kappa shape index (κ1) is 15.4. The lowest BCUT2D eigenvalue weighted by atomic mass is 10.1. The minimum absolute atomic E-state index is 0.0956. The zero-order chi connectivity index (χ0) is 15.4. The number of ether oxygens (including phenoxy) is 1. The summed E-state index contributed by atoms with van der Waals surface area (Å²) in [4.78, 5) is 0. The van der Waals surface area contributed by atoms with Gasteiger partial charge in [0.2, 0.25) is 0 Å². The van der Waals surface area contributed by atoms with Gasteiger partial charge in [-0.2, -0.15) is 0 Å². The molecule has 2 aromatic rings. The monoisotopic (exact) mass is 287 g/mol. The number of nitrogens with one attached hydrogen (secondary N) is 1. The number of benzene rings is 2. The van der Waals surface area contributed by atoms with Gasteiger partial charge < -0.3 is 10.1 Å². The Morgan fingerprint density at radius 3 is 2.38 bits per heavy atom. The van der Waals surface area contributed by atoms with Crippen LogP contribution in [-0.2, 0) is 0 Å². The highest BCUT2D eigenvalue weighted by Gasteiger charge is 2.11. The number of rotatable bonds is 5. The summed E-state index contributed by atoms with van der Waals surface area (Å²) in [6.45, 7) is 7.98. The van der Waals surface area contributed by atoms with Crippen molar-refractivity contribution in [2.24, 2.45) is 0 Å². The van der Waals surface area contributed by atoms with E-state index >= 15 is 0 Å². The molecule has 0 saturated carbocycles. The van der Waals surface area contributed by atoms with Crippen molar-refractivity contribution in [1.29, 1.82) is 0 Å². The molecule has 2 nitrogen and oxygen atoms in total. The second-order valence-corrected chi connectivity index (χ2v) is 5.53. The van der Waals surface area contributed by atoms with Gasteiger partial charge in [-0.25, -0.2) is 4.39 Å². The second kappa shape index (κ2) is 6.61. The zero-order valence-corrected chi connectivity index (χ0v) is 13.0. The van der Waals surface area contributed by atoms with E-state index in [9.17, 15) is 4.39 Å². The van der Waals surface area contributed by atoms with Crippen LogP contribution < -0.4 is 10.1 Å². The van der Waals surface area contributed by atoms with Gasteiger partial charge in [-0.1, -0.05) is 18.2 Å². The van der Waals surface area contributed by atoms with E-state index in [0.29, 0.717) is 5.56 Å². The SMILES string of the molecule is Cc1cc(OC(C)C)ccc1NC(C)c1ccccc1F. The van der Waals surface area contributed by atoms with Crippen LogP contribution in [0.25, 0.3) is 0 Å². The lowest BCUT2D eigenvalue weighted by Crippen LogP contribution is -2.10. The molecule has 1 unspecified atom stereocenters. The zero-order valence-electron chi connectivity index (χ0n) is 13.0. The molecule has 3 heteroatoms. The van der Waals surface area contributed by atoms with Crippen LogP contribution in [0.4, 0.5) is 10.1 Å². The number of aryl methyl sites for hydroxylation is 1. The molecular weight excluding hydrogens is 265 g/mol. The van der Waals surface area contributed by atoms with Crippen molar-refractivity contribution in [3.63, 3.8) is 0 Å². The van der Waals surface area contributed by atoms with E-state index in [1.54, 1.807) is 12.1 Å². The molecule has 1 N–H and O–H groups in total. The standard InChI is InChI=1S/C18H22FNO/c1-12(2)21-15-9-10-18(13(3)11-15)20-14(4)16-7-5-6-8-17(16)19/h5-12,14,20H,1-4H3. The summed E-state index contributed by atoms with van der Waals surface area (Å²) in [6.07, 6.45) is 0.153. The Balaban J connectivity index is 2.14. The highest BCUT2D eigenvalue weighted by molar-refractivity contribution is 5.54. The van der Waals surface area contributed by atoms with Crippen molar-refractivity contribution in [2.45, 2.75) is 39.8 Å². The third-order valence-corrected chi connectivity index (χ3v) is 3.31. The highest BCUT2D eigenvalue weighted by Crippen LogP contribution is 2.27. The fraction of sp³-hybridized carbons (Fsp3) is 0.333. The van der Waals surface area contributed by atoms with Crippen LogP contribution in [0.1, 0.15) is 37.9 Å². The number of anilines is 1. The van der Waals surface area contributed by atoms with Crippen LogP contribution in [0.2, 0.25) is 0 Å². The Hall–Kier alpha value is -2.03. The minimum Gasteiger partial charge on any atom is -0.491 e. The average Bonchev–Trinajstić information content (AvgIpc) is 2.41. The van der Waals surface area contributed by atoms with Crippen molar-refractivity contribution >= 4 is 5.69 Å². The average molecular weight is 287 g/mol. The predicted octanol–water partition coefficient (Wildman–Crippen LogP) is 5.09. The molecule has 0 radical (unpaired) electrons. The molecule has 0 aliphatic carbocycles. The summed E-state index contributed by atoms with van der Waals surface area (Å²) < 4.78 is 19.5. The van der Waals surface area contributed by atoms with Crippen molar-refractivity contribution in [2.75, 3.05) is 5.32 Å². The summed E-state index contributed by atoms with van der Waals surface area (Å²) in [6, 6.07) is 12.7. The largest absolute Gasteiger partial charge is 0.491 e. The Bertz CT molecular complexity index is 610. The fourth-order valence-corrected chi connectivity index (χ4v) is 2.28. The van der Waals surface area contributed by atoms with E-state index < -0.39 is 0 Å². The Morgan fingerprint density at radius 2 is 1.76 bits per heavy atom. The number of hydrogen-bond acceptors (Lipinski definition) is 2. The molecule has 0 aliphatic rings. The highest BCUT2D eigenvalue weighted by atomic mass is 19.1. The maximum Gasteiger partial charge on any atom is 0.128 e. The van der Waals surface area contributed by atoms with Crippen molar-refractivity contribution in [3.05, 3.63) is 59.4 Å². The van der Waals surface area contributed by atoms with Crippen LogP contribution in [0.5, 0.6) is 5.75 Å². The molecule has 1 atom stereocenters. The van der Waals surface area contributed by atoms with E-state index in [1.165, 1.54) is 6.07 Å². The van der Waals surface area contributed by atoms with Gasteiger partial charge in [-0.05, 0) is 57.5 Å². The van der Waals surface area contributed by atoms with Crippen LogP contribution in [-0.4, -0.2) is 6.10 Å². The third-order valence-electron chi connectivity index (χ3n) is 3.31. The van der Waals surface area contributed by atoms with Gasteiger partial charge in [-0.15, -0.1) is 0 Å².